The molecule has 0 saturated carbocycles. The van der Waals surface area contributed by atoms with Crippen molar-refractivity contribution in [2.45, 2.75) is 32.9 Å². The number of para-hydroxylation sites is 1. The lowest BCUT2D eigenvalue weighted by Gasteiger charge is -2.37. The number of nitrogens with zero attached hydrogens (tertiary/aromatic N) is 5. The number of aromatic nitrogens is 4. The van der Waals surface area contributed by atoms with Crippen molar-refractivity contribution in [1.82, 2.24) is 30.4 Å². The molecule has 1 aliphatic heterocycles. The van der Waals surface area contributed by atoms with E-state index >= 15 is 0 Å². The van der Waals surface area contributed by atoms with E-state index in [4.69, 9.17) is 4.74 Å². The zero-order valence-electron chi connectivity index (χ0n) is 16.3. The van der Waals surface area contributed by atoms with Crippen molar-refractivity contribution in [3.05, 3.63) is 23.8 Å². The van der Waals surface area contributed by atoms with Gasteiger partial charge in [-0.15, -0.1) is 5.10 Å². The Morgan fingerprint density at radius 3 is 2.75 bits per heavy atom. The van der Waals surface area contributed by atoms with Gasteiger partial charge in [-0.3, -0.25) is 4.79 Å². The van der Waals surface area contributed by atoms with E-state index in [9.17, 15) is 14.7 Å². The fourth-order valence-electron chi connectivity index (χ4n) is 3.24. The van der Waals surface area contributed by atoms with Gasteiger partial charge in [0.2, 0.25) is 0 Å². The second kappa shape index (κ2) is 7.83. The van der Waals surface area contributed by atoms with Crippen molar-refractivity contribution in [2.24, 2.45) is 5.92 Å². The Bertz CT molecular complexity index is 854. The molecule has 1 aromatic carbocycles. The third-order valence-electron chi connectivity index (χ3n) is 4.90. The molecule has 2 aromatic rings. The molecule has 0 unspecified atom stereocenters. The van der Waals surface area contributed by atoms with Crippen LogP contribution < -0.4 is 4.74 Å². The second-order valence-corrected chi connectivity index (χ2v) is 7.28. The van der Waals surface area contributed by atoms with Gasteiger partial charge in [0.15, 0.2) is 5.82 Å². The van der Waals surface area contributed by atoms with Crippen LogP contribution in [0.3, 0.4) is 0 Å². The zero-order chi connectivity index (χ0) is 20.4. The molecular weight excluding hydrogens is 364 g/mol. The third kappa shape index (κ3) is 3.75. The van der Waals surface area contributed by atoms with Crippen LogP contribution in [0.25, 0.3) is 11.4 Å². The summed E-state index contributed by atoms with van der Waals surface area (Å²) in [5.41, 5.74) is 0.953. The van der Waals surface area contributed by atoms with Crippen molar-refractivity contribution in [1.29, 1.82) is 0 Å². The molecule has 3 rings (SSSR count). The Morgan fingerprint density at radius 2 is 2.14 bits per heavy atom. The van der Waals surface area contributed by atoms with Crippen LogP contribution >= 0.6 is 0 Å². The summed E-state index contributed by atoms with van der Waals surface area (Å²) in [5.74, 6) is 0.491. The molecule has 28 heavy (non-hydrogen) atoms. The van der Waals surface area contributed by atoms with E-state index in [-0.39, 0.29) is 24.4 Å². The number of rotatable bonds is 4. The summed E-state index contributed by atoms with van der Waals surface area (Å²) >= 11 is 0. The maximum Gasteiger partial charge on any atom is 0.407 e. The standard InChI is InChI=1S/C18H24N6O4/c1-10(2)24-8-11(3)14(9-23(4)18(26)27)28-15-12(16-19-21-22-20-16)6-5-7-13(15)17(24)25/h5-7,10-11,14H,8-9H2,1-4H3,(H,26,27)(H,19,20,21,22)/t11-,14+/m0/s1. The second-order valence-electron chi connectivity index (χ2n) is 7.28. The molecule has 1 aliphatic rings. The van der Waals surface area contributed by atoms with Gasteiger partial charge in [0.1, 0.15) is 11.9 Å². The number of amides is 2. The van der Waals surface area contributed by atoms with Gasteiger partial charge in [-0.1, -0.05) is 13.0 Å². The minimum absolute atomic E-state index is 0.0191. The fourth-order valence-corrected chi connectivity index (χ4v) is 3.24. The van der Waals surface area contributed by atoms with Crippen LogP contribution in [0, 0.1) is 5.92 Å². The van der Waals surface area contributed by atoms with Crippen LogP contribution in [-0.2, 0) is 0 Å². The SMILES string of the molecule is CC(C)N1C[C@H](C)[C@@H](CN(C)C(=O)O)Oc2c(cccc2-c2nnn[nH]2)C1=O. The van der Waals surface area contributed by atoms with Crippen LogP contribution in [0.15, 0.2) is 18.2 Å². The number of likely N-dealkylation sites (N-methyl/N-ethyl adjacent to an activating group) is 1. The van der Waals surface area contributed by atoms with Crippen LogP contribution in [0.4, 0.5) is 4.79 Å². The number of hydrogen-bond acceptors (Lipinski definition) is 6. The maximum absolute atomic E-state index is 13.2. The van der Waals surface area contributed by atoms with Crippen LogP contribution in [0.2, 0.25) is 0 Å². The van der Waals surface area contributed by atoms with Gasteiger partial charge in [0.25, 0.3) is 5.91 Å². The Morgan fingerprint density at radius 1 is 1.43 bits per heavy atom. The summed E-state index contributed by atoms with van der Waals surface area (Å²) in [5, 5.41) is 23.1. The largest absolute Gasteiger partial charge is 0.487 e. The number of nitrogens with one attached hydrogen (secondary N) is 1. The predicted octanol–water partition coefficient (Wildman–Crippen LogP) is 1.72. The lowest BCUT2D eigenvalue weighted by Crippen LogP contribution is -2.49. The van der Waals surface area contributed by atoms with Gasteiger partial charge < -0.3 is 19.6 Å². The first kappa shape index (κ1) is 19.6. The van der Waals surface area contributed by atoms with E-state index in [0.29, 0.717) is 29.2 Å². The molecule has 150 valence electrons. The van der Waals surface area contributed by atoms with Crippen LogP contribution in [-0.4, -0.2) is 79.8 Å². The lowest BCUT2D eigenvalue weighted by molar-refractivity contribution is 0.0436. The van der Waals surface area contributed by atoms with Gasteiger partial charge in [-0.05, 0) is 36.4 Å². The van der Waals surface area contributed by atoms with Crippen molar-refractivity contribution >= 4 is 12.0 Å². The molecule has 1 aromatic heterocycles. The van der Waals surface area contributed by atoms with Crippen LogP contribution in [0.5, 0.6) is 5.75 Å². The number of tetrazole rings is 1. The normalized spacial score (nSPS) is 19.6. The lowest BCUT2D eigenvalue weighted by atomic mass is 9.98. The highest BCUT2D eigenvalue weighted by Crippen LogP contribution is 2.35. The zero-order valence-corrected chi connectivity index (χ0v) is 16.3. The predicted molar refractivity (Wildman–Crippen MR) is 100 cm³/mol. The third-order valence-corrected chi connectivity index (χ3v) is 4.90. The van der Waals surface area contributed by atoms with E-state index in [2.05, 4.69) is 20.6 Å². The van der Waals surface area contributed by atoms with Gasteiger partial charge in [0.05, 0.1) is 17.7 Å². The molecule has 0 spiro atoms. The smallest absolute Gasteiger partial charge is 0.407 e. The van der Waals surface area contributed by atoms with Crippen molar-refractivity contribution in [2.75, 3.05) is 20.1 Å². The molecular formula is C18H24N6O4. The Hall–Kier alpha value is -3.17. The van der Waals surface area contributed by atoms with Crippen molar-refractivity contribution < 1.29 is 19.4 Å². The minimum atomic E-state index is -1.04. The number of aromatic amines is 1. The first-order valence-corrected chi connectivity index (χ1v) is 9.08. The first-order chi connectivity index (χ1) is 13.3. The van der Waals surface area contributed by atoms with E-state index < -0.39 is 12.2 Å². The highest BCUT2D eigenvalue weighted by atomic mass is 16.5. The maximum atomic E-state index is 13.2. The Labute approximate surface area is 162 Å². The van der Waals surface area contributed by atoms with Crippen molar-refractivity contribution in [3.63, 3.8) is 0 Å². The summed E-state index contributed by atoms with van der Waals surface area (Å²) in [6.45, 7) is 6.48. The van der Waals surface area contributed by atoms with Gasteiger partial charge >= 0.3 is 6.09 Å². The van der Waals surface area contributed by atoms with E-state index in [1.54, 1.807) is 23.1 Å². The first-order valence-electron chi connectivity index (χ1n) is 9.08. The minimum Gasteiger partial charge on any atom is -0.487 e. The van der Waals surface area contributed by atoms with E-state index in [0.717, 1.165) is 0 Å². The molecule has 2 heterocycles. The molecule has 2 N–H and O–H groups in total. The fraction of sp³-hybridized carbons (Fsp3) is 0.500. The summed E-state index contributed by atoms with van der Waals surface area (Å²) < 4.78 is 6.26. The number of benzene rings is 1. The van der Waals surface area contributed by atoms with Gasteiger partial charge in [-0.25, -0.2) is 9.89 Å². The summed E-state index contributed by atoms with van der Waals surface area (Å²) in [6, 6.07) is 5.20. The molecule has 10 heteroatoms. The number of fused-ring (bicyclic) bond motifs is 1. The molecule has 10 nitrogen and oxygen atoms in total. The summed E-state index contributed by atoms with van der Waals surface area (Å²) in [7, 11) is 1.50. The molecule has 0 radical (unpaired) electrons. The van der Waals surface area contributed by atoms with E-state index in [1.807, 2.05) is 20.8 Å². The number of carbonyl (C=O) groups is 2. The summed E-state index contributed by atoms with van der Waals surface area (Å²) in [4.78, 5) is 27.5. The molecule has 2 atom stereocenters. The number of carboxylic acid groups (broad SMARTS) is 1. The molecule has 0 aliphatic carbocycles. The number of ether oxygens (including phenoxy) is 1. The quantitative estimate of drug-likeness (QED) is 0.817. The molecule has 0 fully saturated rings. The van der Waals surface area contributed by atoms with Crippen LogP contribution in [0.1, 0.15) is 31.1 Å². The number of carbonyl (C=O) groups excluding carboxylic acids is 1. The number of hydrogen-bond donors (Lipinski definition) is 2. The molecule has 0 saturated heterocycles. The number of H-pyrrole nitrogens is 1. The highest BCUT2D eigenvalue weighted by Gasteiger charge is 2.34. The topological polar surface area (TPSA) is 125 Å². The van der Waals surface area contributed by atoms with E-state index in [1.165, 1.54) is 11.9 Å². The molecule has 0 bridgehead atoms. The average molecular weight is 388 g/mol. The van der Waals surface area contributed by atoms with Gasteiger partial charge in [-0.2, -0.15) is 0 Å². The van der Waals surface area contributed by atoms with Crippen molar-refractivity contribution in [3.8, 4) is 17.1 Å². The summed E-state index contributed by atoms with van der Waals surface area (Å²) in [6.07, 6.45) is -1.49. The highest BCUT2D eigenvalue weighted by molar-refractivity contribution is 5.99. The monoisotopic (exact) mass is 388 g/mol. The molecule has 2 amide bonds. The van der Waals surface area contributed by atoms with Gasteiger partial charge in [0, 0.05) is 25.6 Å². The Balaban J connectivity index is 2.11. The Kier molecular flexibility index (Phi) is 5.48. The average Bonchev–Trinajstić information content (AvgIpc) is 3.18.